The molecule has 0 aliphatic heterocycles. The summed E-state index contributed by atoms with van der Waals surface area (Å²) < 4.78 is 104. The summed E-state index contributed by atoms with van der Waals surface area (Å²) in [6.45, 7) is 7.37. The van der Waals surface area contributed by atoms with Gasteiger partial charge in [0, 0.05) is 33.3 Å². The summed E-state index contributed by atoms with van der Waals surface area (Å²) in [7, 11) is 0. The summed E-state index contributed by atoms with van der Waals surface area (Å²) in [5.41, 5.74) is 2.08. The summed E-state index contributed by atoms with van der Waals surface area (Å²) in [5, 5.41) is 0.327. The van der Waals surface area contributed by atoms with Crippen molar-refractivity contribution in [2.75, 3.05) is 5.47 Å². The molecule has 12 heteroatoms. The lowest BCUT2D eigenvalue weighted by molar-refractivity contribution is -0.138. The van der Waals surface area contributed by atoms with Crippen LogP contribution in [0.25, 0.3) is 44.1 Å². The molecule has 5 aromatic carbocycles. The van der Waals surface area contributed by atoms with Gasteiger partial charge in [-0.15, -0.1) is 0 Å². The van der Waals surface area contributed by atoms with E-state index < -0.39 is 38.3 Å². The number of hydrogen-bond acceptors (Lipinski definition) is 5. The van der Waals surface area contributed by atoms with Crippen LogP contribution >= 0.6 is 0 Å². The summed E-state index contributed by atoms with van der Waals surface area (Å²) in [4.78, 5) is 8.93. The van der Waals surface area contributed by atoms with Gasteiger partial charge < -0.3 is 12.3 Å². The highest BCUT2D eigenvalue weighted by Crippen LogP contribution is 2.41. The van der Waals surface area contributed by atoms with Gasteiger partial charge in [0.05, 0.1) is 11.1 Å². The maximum Gasteiger partial charge on any atom is 0.899 e. The molecule has 280 valence electrons. The number of nitrogens with zero attached hydrogens (tertiary/aromatic N) is 2. The van der Waals surface area contributed by atoms with E-state index in [1.807, 2.05) is 92.7 Å². The number of ether oxygens (including phenoxy) is 1. The van der Waals surface area contributed by atoms with E-state index in [0.717, 1.165) is 35.4 Å². The molecule has 0 aliphatic carbocycles. The van der Waals surface area contributed by atoms with Gasteiger partial charge in [-0.2, -0.15) is 26.3 Å². The minimum atomic E-state index is -4.73. The van der Waals surface area contributed by atoms with Gasteiger partial charge in [-0.25, -0.2) is 9.97 Å². The highest BCUT2D eigenvalue weighted by atomic mass is 27.2. The third-order valence-corrected chi connectivity index (χ3v) is 9.99. The molecule has 2 heterocycles. The Labute approximate surface area is 319 Å². The zero-order valence-corrected chi connectivity index (χ0v) is 31.5. The number of hydrogen-bond donors (Lipinski definition) is 0. The second-order valence-corrected chi connectivity index (χ2v) is 14.0. The van der Waals surface area contributed by atoms with Crippen molar-refractivity contribution in [3.63, 3.8) is 0 Å². The monoisotopic (exact) mass is 768 g/mol. The molecule has 55 heavy (non-hydrogen) atoms. The van der Waals surface area contributed by atoms with Crippen molar-refractivity contribution in [1.82, 2.24) is 9.97 Å². The van der Waals surface area contributed by atoms with E-state index in [-0.39, 0.29) is 38.8 Å². The fraction of sp³-hybridized carbons (Fsp3) is 0.163. The van der Waals surface area contributed by atoms with Crippen LogP contribution in [0.3, 0.4) is 0 Å². The second-order valence-electron chi connectivity index (χ2n) is 12.4. The first-order valence-corrected chi connectivity index (χ1v) is 19.3. The molecule has 0 amide bonds. The average molecular weight is 769 g/mol. The minimum absolute atomic E-state index is 0.136. The molecule has 7 rings (SSSR count). The molecule has 0 unspecified atom stereocenters. The highest BCUT2D eigenvalue weighted by molar-refractivity contribution is 6.46. The molecule has 0 saturated heterocycles. The van der Waals surface area contributed by atoms with E-state index >= 15 is 0 Å². The van der Waals surface area contributed by atoms with Gasteiger partial charge >= 0.3 is 27.2 Å². The Kier molecular flexibility index (Phi) is 11.7. The average Bonchev–Trinajstić information content (AvgIpc) is 3.17. The molecule has 0 saturated carbocycles. The van der Waals surface area contributed by atoms with Gasteiger partial charge in [-0.1, -0.05) is 105 Å². The van der Waals surface area contributed by atoms with Crippen LogP contribution in [0.1, 0.15) is 36.4 Å². The Bertz CT molecular complexity index is 2260. The van der Waals surface area contributed by atoms with Gasteiger partial charge in [0.25, 0.3) is 0 Å². The topological polar surface area (TPSA) is 53.5 Å². The van der Waals surface area contributed by atoms with Crippen LogP contribution in [0.2, 0.25) is 0 Å². The maximum absolute atomic E-state index is 14.2. The van der Waals surface area contributed by atoms with Crippen LogP contribution in [0.5, 0.6) is 17.2 Å². The van der Waals surface area contributed by atoms with Crippen molar-refractivity contribution in [2.45, 2.75) is 40.0 Å². The van der Waals surface area contributed by atoms with Crippen LogP contribution in [0.4, 0.5) is 26.3 Å². The molecule has 0 aliphatic rings. The summed E-state index contributed by atoms with van der Waals surface area (Å²) in [6, 6.07) is 34.3. The molecule has 0 fully saturated rings. The van der Waals surface area contributed by atoms with Crippen molar-refractivity contribution in [3.8, 4) is 39.5 Å². The fourth-order valence-electron chi connectivity index (χ4n) is 6.02. The van der Waals surface area contributed by atoms with E-state index in [9.17, 15) is 26.3 Å². The fourth-order valence-corrected chi connectivity index (χ4v) is 7.43. The van der Waals surface area contributed by atoms with Gasteiger partial charge in [-0.3, -0.25) is 0 Å². The number of benzene rings is 5. The molecular formula is C43H35AlF6N2O3. The lowest BCUT2D eigenvalue weighted by Crippen LogP contribution is -2.37. The van der Waals surface area contributed by atoms with E-state index in [1.54, 1.807) is 26.0 Å². The van der Waals surface area contributed by atoms with E-state index in [0.29, 0.717) is 28.3 Å². The third-order valence-electron chi connectivity index (χ3n) is 8.51. The number of pyridine rings is 2. The Morgan fingerprint density at radius 2 is 0.945 bits per heavy atom. The number of alkyl halides is 6. The lowest BCUT2D eigenvalue weighted by atomic mass is 9.97. The first-order valence-electron chi connectivity index (χ1n) is 17.5. The van der Waals surface area contributed by atoms with Gasteiger partial charge in [0.15, 0.2) is 0 Å². The molecule has 7 aromatic rings. The molecule has 0 atom stereocenters. The van der Waals surface area contributed by atoms with Crippen LogP contribution in [0.15, 0.2) is 127 Å². The van der Waals surface area contributed by atoms with E-state index in [2.05, 4.69) is 9.97 Å². The largest absolute Gasteiger partial charge is 0.899 e. The number of para-hydroxylation sites is 1. The molecular weight excluding hydrogens is 733 g/mol. The smallest absolute Gasteiger partial charge is 0.609 e. The SMILES string of the molecule is CC.Cc1ccc2cc(C(F)(F)F)cc([O][Al]([CH2]Oc3c(-c4ccccc4)cccc3-c3ccccc3)[O]c3cc(C(F)(F)F)cc4ccc(C)nc34)c2n1. The van der Waals surface area contributed by atoms with Gasteiger partial charge in [0.2, 0.25) is 0 Å². The molecule has 0 bridgehead atoms. The molecule has 2 aromatic heterocycles. The first-order chi connectivity index (χ1) is 26.3. The lowest BCUT2D eigenvalue weighted by Gasteiger charge is -2.22. The molecule has 5 nitrogen and oxygen atoms in total. The van der Waals surface area contributed by atoms with Crippen molar-refractivity contribution in [2.24, 2.45) is 0 Å². The number of fused-ring (bicyclic) bond motifs is 2. The highest BCUT2D eigenvalue weighted by Gasteiger charge is 2.40. The van der Waals surface area contributed by atoms with Gasteiger partial charge in [0.1, 0.15) is 33.8 Å². The predicted octanol–water partition coefficient (Wildman–Crippen LogP) is 12.4. The standard InChI is InChI=1S/C19H15O.2C11H8F3NO.C2H6.Al/c1-20-19-17(15-9-4-2-5-10-15)13-8-14-18(19)16-11-6-3-7-12-16;2*1-6-2-3-7-4-8(11(12,13)14)5-9(16)10(7)15-6;1-2;/h2-14H,1H2;2*2-5,16H,1H3;1-2H3;/q;;;;+2/p-2. The summed E-state index contributed by atoms with van der Waals surface area (Å²) in [5.74, 6) is -0.0435. The van der Waals surface area contributed by atoms with Crippen LogP contribution in [-0.4, -0.2) is 30.3 Å². The Morgan fingerprint density at radius 1 is 0.527 bits per heavy atom. The first kappa shape index (κ1) is 39.1. The number of aromatic nitrogens is 2. The van der Waals surface area contributed by atoms with Crippen LogP contribution < -0.4 is 12.3 Å². The number of halogens is 6. The van der Waals surface area contributed by atoms with Gasteiger partial charge in [-0.05, 0) is 61.4 Å². The zero-order valence-electron chi connectivity index (χ0n) is 30.3. The Balaban J connectivity index is 0.00000253. The molecule has 0 radical (unpaired) electrons. The van der Waals surface area contributed by atoms with Crippen molar-refractivity contribution in [1.29, 1.82) is 0 Å². The number of rotatable bonds is 9. The summed E-state index contributed by atoms with van der Waals surface area (Å²) in [6.07, 6.45) is -9.47. The van der Waals surface area contributed by atoms with Crippen molar-refractivity contribution in [3.05, 3.63) is 150 Å². The maximum atomic E-state index is 14.2. The van der Waals surface area contributed by atoms with E-state index in [4.69, 9.17) is 12.3 Å². The van der Waals surface area contributed by atoms with Crippen LogP contribution in [-0.2, 0) is 12.4 Å². The quantitative estimate of drug-likeness (QED) is 0.108. The second kappa shape index (κ2) is 16.4. The molecule has 0 N–H and O–H groups in total. The van der Waals surface area contributed by atoms with E-state index in [1.165, 1.54) is 12.1 Å². The number of aryl methyl sites for hydroxylation is 2. The minimum Gasteiger partial charge on any atom is -0.609 e. The van der Waals surface area contributed by atoms with Crippen LogP contribution in [0, 0.1) is 13.8 Å². The normalized spacial score (nSPS) is 11.5. The summed E-state index contributed by atoms with van der Waals surface area (Å²) >= 11 is -3.52. The Morgan fingerprint density at radius 3 is 1.35 bits per heavy atom. The zero-order chi connectivity index (χ0) is 39.3. The Hall–Kier alpha value is -5.57. The van der Waals surface area contributed by atoms with Crippen molar-refractivity contribution < 1.29 is 38.7 Å². The third kappa shape index (κ3) is 9.05. The van der Waals surface area contributed by atoms with Crippen molar-refractivity contribution >= 4 is 36.6 Å². The molecule has 0 spiro atoms. The predicted molar refractivity (Wildman–Crippen MR) is 204 cm³/mol.